The van der Waals surface area contributed by atoms with Crippen molar-refractivity contribution in [2.24, 2.45) is 0 Å². The van der Waals surface area contributed by atoms with Crippen LogP contribution in [-0.2, 0) is 4.79 Å². The molecule has 3 nitrogen and oxygen atoms in total. The first kappa shape index (κ1) is 13.8. The summed E-state index contributed by atoms with van der Waals surface area (Å²) in [4.78, 5) is 16.0. The van der Waals surface area contributed by atoms with Crippen LogP contribution in [0.15, 0.2) is 0 Å². The van der Waals surface area contributed by atoms with Crippen LogP contribution in [0.1, 0.15) is 33.1 Å². The summed E-state index contributed by atoms with van der Waals surface area (Å²) in [6.45, 7) is 9.39. The van der Waals surface area contributed by atoms with Crippen LogP contribution in [0.4, 0.5) is 0 Å². The van der Waals surface area contributed by atoms with E-state index in [0.29, 0.717) is 6.42 Å². The molecule has 1 fully saturated rings. The van der Waals surface area contributed by atoms with Gasteiger partial charge in [-0.3, -0.25) is 4.79 Å². The molecule has 0 aliphatic carbocycles. The average Bonchev–Trinajstić information content (AvgIpc) is 2.54. The zero-order valence-electron chi connectivity index (χ0n) is 10.5. The first-order chi connectivity index (χ1) is 7.67. The lowest BCUT2D eigenvalue weighted by atomic mass is 10.3. The van der Waals surface area contributed by atoms with E-state index in [1.807, 2.05) is 4.90 Å². The maximum atomic E-state index is 11.6. The second kappa shape index (κ2) is 7.17. The molecule has 1 aliphatic rings. The van der Waals surface area contributed by atoms with Crippen LogP contribution in [0.5, 0.6) is 0 Å². The van der Waals surface area contributed by atoms with Crippen LogP contribution >= 0.6 is 12.6 Å². The number of rotatable bonds is 7. The Balaban J connectivity index is 2.28. The lowest BCUT2D eigenvalue weighted by Gasteiger charge is -2.24. The standard InChI is InChI=1S/C12H24N2OS/c1-3-5-13(6-4-2)7-8-14-10-11(16)9-12(14)15/h11,16H,3-10H2,1-2H3. The first-order valence-electron chi connectivity index (χ1n) is 6.35. The SMILES string of the molecule is CCCN(CCC)CCN1CC(S)CC1=O. The maximum Gasteiger partial charge on any atom is 0.223 e. The molecule has 0 aromatic rings. The summed E-state index contributed by atoms with van der Waals surface area (Å²) in [6, 6.07) is 0. The third kappa shape index (κ3) is 4.34. The highest BCUT2D eigenvalue weighted by atomic mass is 32.1. The second-order valence-electron chi connectivity index (χ2n) is 4.54. The number of carbonyl (C=O) groups excluding carboxylic acids is 1. The highest BCUT2D eigenvalue weighted by molar-refractivity contribution is 7.81. The highest BCUT2D eigenvalue weighted by Gasteiger charge is 2.26. The van der Waals surface area contributed by atoms with Gasteiger partial charge in [0.15, 0.2) is 0 Å². The average molecular weight is 244 g/mol. The summed E-state index contributed by atoms with van der Waals surface area (Å²) in [5.74, 6) is 0.271. The minimum absolute atomic E-state index is 0.248. The Morgan fingerprint density at radius 1 is 1.31 bits per heavy atom. The summed E-state index contributed by atoms with van der Waals surface area (Å²) in [7, 11) is 0. The van der Waals surface area contributed by atoms with Gasteiger partial charge in [-0.1, -0.05) is 13.8 Å². The third-order valence-corrected chi connectivity index (χ3v) is 3.31. The van der Waals surface area contributed by atoms with Crippen LogP contribution in [0.25, 0.3) is 0 Å². The number of thiol groups is 1. The molecule has 0 N–H and O–H groups in total. The summed E-state index contributed by atoms with van der Waals surface area (Å²) < 4.78 is 0. The largest absolute Gasteiger partial charge is 0.340 e. The molecule has 1 aliphatic heterocycles. The highest BCUT2D eigenvalue weighted by Crippen LogP contribution is 2.15. The molecule has 0 bridgehead atoms. The van der Waals surface area contributed by atoms with Gasteiger partial charge in [-0.15, -0.1) is 0 Å². The fraction of sp³-hybridized carbons (Fsp3) is 0.917. The van der Waals surface area contributed by atoms with E-state index >= 15 is 0 Å². The zero-order chi connectivity index (χ0) is 12.0. The van der Waals surface area contributed by atoms with Gasteiger partial charge in [0.2, 0.25) is 5.91 Å². The molecule has 1 saturated heterocycles. The quantitative estimate of drug-likeness (QED) is 0.688. The third-order valence-electron chi connectivity index (χ3n) is 2.96. The fourth-order valence-corrected chi connectivity index (χ4v) is 2.55. The topological polar surface area (TPSA) is 23.6 Å². The molecule has 1 heterocycles. The Bertz CT molecular complexity index is 217. The Morgan fingerprint density at radius 3 is 2.38 bits per heavy atom. The molecule has 4 heteroatoms. The molecule has 1 amide bonds. The Labute approximate surface area is 105 Å². The predicted molar refractivity (Wildman–Crippen MR) is 71.0 cm³/mol. The van der Waals surface area contributed by atoms with Crippen LogP contribution in [-0.4, -0.2) is 53.7 Å². The van der Waals surface area contributed by atoms with E-state index in [4.69, 9.17) is 0 Å². The van der Waals surface area contributed by atoms with E-state index in [1.54, 1.807) is 0 Å². The van der Waals surface area contributed by atoms with Gasteiger partial charge in [0, 0.05) is 31.3 Å². The van der Waals surface area contributed by atoms with Crippen LogP contribution < -0.4 is 0 Å². The van der Waals surface area contributed by atoms with E-state index in [2.05, 4.69) is 31.4 Å². The number of nitrogens with zero attached hydrogens (tertiary/aromatic N) is 2. The summed E-state index contributed by atoms with van der Waals surface area (Å²) in [5.41, 5.74) is 0. The van der Waals surface area contributed by atoms with E-state index in [1.165, 1.54) is 12.8 Å². The molecule has 0 aromatic heterocycles. The van der Waals surface area contributed by atoms with Crippen LogP contribution in [0.3, 0.4) is 0 Å². The van der Waals surface area contributed by atoms with Gasteiger partial charge in [-0.25, -0.2) is 0 Å². The van der Waals surface area contributed by atoms with E-state index in [-0.39, 0.29) is 11.2 Å². The zero-order valence-corrected chi connectivity index (χ0v) is 11.4. The van der Waals surface area contributed by atoms with Gasteiger partial charge < -0.3 is 9.80 Å². The Morgan fingerprint density at radius 2 is 1.94 bits per heavy atom. The van der Waals surface area contributed by atoms with Crippen LogP contribution in [0.2, 0.25) is 0 Å². The molecule has 94 valence electrons. The van der Waals surface area contributed by atoms with Crippen molar-refractivity contribution >= 4 is 18.5 Å². The van der Waals surface area contributed by atoms with Gasteiger partial charge in [-0.05, 0) is 25.9 Å². The van der Waals surface area contributed by atoms with Crippen molar-refractivity contribution in [3.8, 4) is 0 Å². The summed E-state index contributed by atoms with van der Waals surface area (Å²) in [5, 5.41) is 0.248. The smallest absolute Gasteiger partial charge is 0.223 e. The molecule has 0 aromatic carbocycles. The lowest BCUT2D eigenvalue weighted by Crippen LogP contribution is -2.36. The molecule has 1 unspecified atom stereocenters. The number of carbonyl (C=O) groups is 1. The lowest BCUT2D eigenvalue weighted by molar-refractivity contribution is -0.127. The fourth-order valence-electron chi connectivity index (χ4n) is 2.20. The van der Waals surface area contributed by atoms with E-state index in [9.17, 15) is 4.79 Å². The normalized spacial score (nSPS) is 21.1. The van der Waals surface area contributed by atoms with Crippen molar-refractivity contribution in [3.05, 3.63) is 0 Å². The molecule has 1 atom stereocenters. The van der Waals surface area contributed by atoms with Gasteiger partial charge in [0.25, 0.3) is 0 Å². The number of likely N-dealkylation sites (tertiary alicyclic amines) is 1. The van der Waals surface area contributed by atoms with Crippen molar-refractivity contribution in [1.82, 2.24) is 9.80 Å². The Hall–Kier alpha value is -0.220. The minimum Gasteiger partial charge on any atom is -0.340 e. The molecule has 0 radical (unpaired) electrons. The van der Waals surface area contributed by atoms with Crippen molar-refractivity contribution in [1.29, 1.82) is 0 Å². The molecule has 1 rings (SSSR count). The second-order valence-corrected chi connectivity index (χ2v) is 5.27. The van der Waals surface area contributed by atoms with E-state index < -0.39 is 0 Å². The van der Waals surface area contributed by atoms with Gasteiger partial charge >= 0.3 is 0 Å². The van der Waals surface area contributed by atoms with Gasteiger partial charge in [-0.2, -0.15) is 12.6 Å². The number of hydrogen-bond donors (Lipinski definition) is 1. The Kier molecular flexibility index (Phi) is 6.21. The number of amides is 1. The van der Waals surface area contributed by atoms with Crippen LogP contribution in [0, 0.1) is 0 Å². The van der Waals surface area contributed by atoms with Crippen molar-refractivity contribution in [2.45, 2.75) is 38.4 Å². The van der Waals surface area contributed by atoms with Crippen molar-refractivity contribution < 1.29 is 4.79 Å². The molecule has 0 saturated carbocycles. The summed E-state index contributed by atoms with van der Waals surface area (Å²) >= 11 is 4.36. The minimum atomic E-state index is 0.248. The van der Waals surface area contributed by atoms with Gasteiger partial charge in [0.1, 0.15) is 0 Å². The summed E-state index contributed by atoms with van der Waals surface area (Å²) in [6.07, 6.45) is 2.98. The monoisotopic (exact) mass is 244 g/mol. The molecular formula is C12H24N2OS. The van der Waals surface area contributed by atoms with Crippen molar-refractivity contribution in [2.75, 3.05) is 32.7 Å². The molecular weight excluding hydrogens is 220 g/mol. The molecule has 16 heavy (non-hydrogen) atoms. The van der Waals surface area contributed by atoms with Crippen molar-refractivity contribution in [3.63, 3.8) is 0 Å². The van der Waals surface area contributed by atoms with Gasteiger partial charge in [0.05, 0.1) is 0 Å². The maximum absolute atomic E-state index is 11.6. The molecule has 0 spiro atoms. The first-order valence-corrected chi connectivity index (χ1v) is 6.87. The number of hydrogen-bond acceptors (Lipinski definition) is 3. The predicted octanol–water partition coefficient (Wildman–Crippen LogP) is 1.64. The van der Waals surface area contributed by atoms with E-state index in [0.717, 1.165) is 32.7 Å².